The van der Waals surface area contributed by atoms with Crippen LogP contribution in [0, 0.1) is 0 Å². The van der Waals surface area contributed by atoms with Crippen LogP contribution < -0.4 is 19.3 Å². The lowest BCUT2D eigenvalue weighted by Crippen LogP contribution is -2.29. The Morgan fingerprint density at radius 1 is 1.17 bits per heavy atom. The Kier molecular flexibility index (Phi) is 4.83. The van der Waals surface area contributed by atoms with Crippen molar-refractivity contribution in [3.63, 3.8) is 0 Å². The van der Waals surface area contributed by atoms with E-state index in [0.717, 1.165) is 0 Å². The van der Waals surface area contributed by atoms with Crippen LogP contribution in [0.1, 0.15) is 24.8 Å². The number of methoxy groups -OCH3 is 3. The van der Waals surface area contributed by atoms with Gasteiger partial charge in [-0.1, -0.05) is 6.92 Å². The molecule has 0 saturated heterocycles. The van der Waals surface area contributed by atoms with Crippen LogP contribution in [-0.4, -0.2) is 27.3 Å². The number of hydrogen-bond acceptors (Lipinski definition) is 5. The maximum Gasteiger partial charge on any atom is 0.203 e. The minimum atomic E-state index is -1.12. The van der Waals surface area contributed by atoms with Crippen LogP contribution in [0.4, 0.5) is 0 Å². The first kappa shape index (κ1) is 14.2. The maximum absolute atomic E-state index is 11.1. The molecule has 18 heavy (non-hydrogen) atoms. The number of carboxylic acid groups (broad SMARTS) is 1. The van der Waals surface area contributed by atoms with Gasteiger partial charge in [0.05, 0.1) is 21.3 Å². The first-order chi connectivity index (χ1) is 8.58. The summed E-state index contributed by atoms with van der Waals surface area (Å²) in [4.78, 5) is 11.1. The van der Waals surface area contributed by atoms with Crippen LogP contribution in [0.2, 0.25) is 0 Å². The molecular formula is C13H17O5-. The normalized spacial score (nSPS) is 11.8. The lowest BCUT2D eigenvalue weighted by molar-refractivity contribution is -0.308. The van der Waals surface area contributed by atoms with E-state index < -0.39 is 11.9 Å². The summed E-state index contributed by atoms with van der Waals surface area (Å²) in [6.45, 7) is 1.78. The predicted octanol–water partition coefficient (Wildman–Crippen LogP) is 0.956. The van der Waals surface area contributed by atoms with Gasteiger partial charge in [-0.2, -0.15) is 0 Å². The average molecular weight is 253 g/mol. The van der Waals surface area contributed by atoms with Crippen molar-refractivity contribution < 1.29 is 24.1 Å². The van der Waals surface area contributed by atoms with E-state index in [-0.39, 0.29) is 0 Å². The van der Waals surface area contributed by atoms with E-state index in [1.165, 1.54) is 21.3 Å². The van der Waals surface area contributed by atoms with Gasteiger partial charge < -0.3 is 24.1 Å². The molecule has 100 valence electrons. The van der Waals surface area contributed by atoms with Crippen molar-refractivity contribution in [2.24, 2.45) is 0 Å². The topological polar surface area (TPSA) is 67.8 Å². The molecule has 0 aliphatic rings. The first-order valence-corrected chi connectivity index (χ1v) is 5.59. The van der Waals surface area contributed by atoms with Gasteiger partial charge in [0.15, 0.2) is 11.5 Å². The number of rotatable bonds is 6. The highest BCUT2D eigenvalue weighted by molar-refractivity contribution is 5.75. The SMILES string of the molecule is CCC(C(=O)[O-])c1cc(OC)c(OC)c(OC)c1. The Morgan fingerprint density at radius 3 is 1.94 bits per heavy atom. The molecule has 0 saturated carbocycles. The van der Waals surface area contributed by atoms with Crippen LogP contribution in [0.5, 0.6) is 17.2 Å². The van der Waals surface area contributed by atoms with Gasteiger partial charge in [-0.25, -0.2) is 0 Å². The Hall–Kier alpha value is -1.91. The van der Waals surface area contributed by atoms with Gasteiger partial charge >= 0.3 is 0 Å². The predicted molar refractivity (Wildman–Crippen MR) is 64.1 cm³/mol. The Morgan fingerprint density at radius 2 is 1.67 bits per heavy atom. The van der Waals surface area contributed by atoms with Crippen LogP contribution >= 0.6 is 0 Å². The van der Waals surface area contributed by atoms with Crippen LogP contribution in [0.15, 0.2) is 12.1 Å². The van der Waals surface area contributed by atoms with Gasteiger partial charge in [0.25, 0.3) is 0 Å². The summed E-state index contributed by atoms with van der Waals surface area (Å²) in [5.74, 6) is -0.500. The third kappa shape index (κ3) is 2.67. The molecular weight excluding hydrogens is 236 g/mol. The summed E-state index contributed by atoms with van der Waals surface area (Å²) < 4.78 is 15.5. The molecule has 0 amide bonds. The van der Waals surface area contributed by atoms with Gasteiger partial charge in [0.2, 0.25) is 5.75 Å². The molecule has 0 heterocycles. The van der Waals surface area contributed by atoms with Crippen LogP contribution in [-0.2, 0) is 4.79 Å². The van der Waals surface area contributed by atoms with Crippen molar-refractivity contribution in [1.29, 1.82) is 0 Å². The first-order valence-electron chi connectivity index (χ1n) is 5.59. The summed E-state index contributed by atoms with van der Waals surface area (Å²) in [5.41, 5.74) is 0.576. The monoisotopic (exact) mass is 253 g/mol. The molecule has 1 aromatic rings. The maximum atomic E-state index is 11.1. The molecule has 0 radical (unpaired) electrons. The van der Waals surface area contributed by atoms with Gasteiger partial charge in [-0.05, 0) is 24.1 Å². The van der Waals surface area contributed by atoms with Gasteiger partial charge in [0.1, 0.15) is 0 Å². The third-order valence-electron chi connectivity index (χ3n) is 2.78. The molecule has 0 bridgehead atoms. The molecule has 1 aromatic carbocycles. The smallest absolute Gasteiger partial charge is 0.203 e. The molecule has 0 aromatic heterocycles. The van der Waals surface area contributed by atoms with E-state index in [9.17, 15) is 9.90 Å². The highest BCUT2D eigenvalue weighted by Gasteiger charge is 2.18. The second-order valence-corrected chi connectivity index (χ2v) is 3.74. The van der Waals surface area contributed by atoms with E-state index in [4.69, 9.17) is 14.2 Å². The highest BCUT2D eigenvalue weighted by Crippen LogP contribution is 2.40. The fraction of sp³-hybridized carbons (Fsp3) is 0.462. The van der Waals surface area contributed by atoms with Crippen LogP contribution in [0.25, 0.3) is 0 Å². The van der Waals surface area contributed by atoms with E-state index >= 15 is 0 Å². The molecule has 1 atom stereocenters. The third-order valence-corrected chi connectivity index (χ3v) is 2.78. The molecule has 1 rings (SSSR count). The molecule has 1 unspecified atom stereocenters. The van der Waals surface area contributed by atoms with Crippen molar-refractivity contribution in [3.8, 4) is 17.2 Å². The molecule has 0 N–H and O–H groups in total. The molecule has 5 heteroatoms. The number of benzene rings is 1. The average Bonchev–Trinajstić information content (AvgIpc) is 2.37. The summed E-state index contributed by atoms with van der Waals surface area (Å²) in [6, 6.07) is 3.26. The lowest BCUT2D eigenvalue weighted by Gasteiger charge is -2.20. The lowest BCUT2D eigenvalue weighted by atomic mass is 9.96. The van der Waals surface area contributed by atoms with Crippen molar-refractivity contribution in [3.05, 3.63) is 17.7 Å². The Balaban J connectivity index is 3.34. The fourth-order valence-electron chi connectivity index (χ4n) is 1.84. The minimum Gasteiger partial charge on any atom is -0.549 e. The van der Waals surface area contributed by atoms with Crippen molar-refractivity contribution in [2.75, 3.05) is 21.3 Å². The van der Waals surface area contributed by atoms with E-state index in [1.54, 1.807) is 19.1 Å². The second-order valence-electron chi connectivity index (χ2n) is 3.74. The zero-order valence-corrected chi connectivity index (χ0v) is 11.0. The highest BCUT2D eigenvalue weighted by atomic mass is 16.5. The number of aliphatic carboxylic acids is 1. The van der Waals surface area contributed by atoms with E-state index in [1.807, 2.05) is 0 Å². The quantitative estimate of drug-likeness (QED) is 0.755. The summed E-state index contributed by atoms with van der Waals surface area (Å²) in [6.07, 6.45) is 0.432. The van der Waals surface area contributed by atoms with Gasteiger partial charge in [-0.15, -0.1) is 0 Å². The van der Waals surface area contributed by atoms with Gasteiger partial charge in [-0.3, -0.25) is 0 Å². The Labute approximate surface area is 106 Å². The number of carbonyl (C=O) groups is 1. The number of carbonyl (C=O) groups excluding carboxylic acids is 1. The number of hydrogen-bond donors (Lipinski definition) is 0. The molecule has 0 aliphatic heterocycles. The molecule has 0 aliphatic carbocycles. The summed E-state index contributed by atoms with van der Waals surface area (Å²) in [7, 11) is 4.47. The minimum absolute atomic E-state index is 0.432. The number of carboxylic acids is 1. The van der Waals surface area contributed by atoms with Crippen LogP contribution in [0.3, 0.4) is 0 Å². The van der Waals surface area contributed by atoms with Gasteiger partial charge in [0, 0.05) is 11.9 Å². The summed E-state index contributed by atoms with van der Waals surface area (Å²) >= 11 is 0. The second kappa shape index (κ2) is 6.14. The van der Waals surface area contributed by atoms with E-state index in [2.05, 4.69) is 0 Å². The fourth-order valence-corrected chi connectivity index (χ4v) is 1.84. The Bertz CT molecular complexity index is 402. The molecule has 0 fully saturated rings. The zero-order valence-electron chi connectivity index (χ0n) is 11.0. The molecule has 5 nitrogen and oxygen atoms in total. The van der Waals surface area contributed by atoms with E-state index in [0.29, 0.717) is 29.2 Å². The largest absolute Gasteiger partial charge is 0.549 e. The summed E-state index contributed by atoms with van der Waals surface area (Å²) in [5, 5.41) is 11.1. The number of ether oxygens (including phenoxy) is 3. The molecule has 0 spiro atoms. The van der Waals surface area contributed by atoms with Crippen molar-refractivity contribution in [2.45, 2.75) is 19.3 Å². The standard InChI is InChI=1S/C13H18O5/c1-5-9(13(14)15)8-6-10(16-2)12(18-4)11(7-8)17-3/h6-7,9H,5H2,1-4H3,(H,14,15)/p-1. The van der Waals surface area contributed by atoms with Crippen molar-refractivity contribution in [1.82, 2.24) is 0 Å². The van der Waals surface area contributed by atoms with Crippen molar-refractivity contribution >= 4 is 5.97 Å². The zero-order chi connectivity index (χ0) is 13.7.